The summed E-state index contributed by atoms with van der Waals surface area (Å²) in [5.74, 6) is -0.177. The zero-order chi connectivity index (χ0) is 28.3. The second kappa shape index (κ2) is 11.8. The van der Waals surface area contributed by atoms with E-state index >= 15 is 0 Å². The molecule has 5 aromatic rings. The van der Waals surface area contributed by atoms with Crippen LogP contribution in [0.15, 0.2) is 93.9 Å². The molecule has 0 saturated heterocycles. The average molecular weight is 579 g/mol. The Morgan fingerprint density at radius 1 is 0.976 bits per heavy atom. The first-order valence-corrected chi connectivity index (χ1v) is 15.5. The summed E-state index contributed by atoms with van der Waals surface area (Å²) < 4.78 is 1.66. The van der Waals surface area contributed by atoms with Gasteiger partial charge in [0.25, 0.3) is 11.5 Å². The molecule has 1 N–H and O–H groups in total. The molecule has 41 heavy (non-hydrogen) atoms. The van der Waals surface area contributed by atoms with Crippen LogP contribution in [0.5, 0.6) is 0 Å². The van der Waals surface area contributed by atoms with Gasteiger partial charge in [-0.2, -0.15) is 5.10 Å². The molecule has 0 unspecified atom stereocenters. The lowest BCUT2D eigenvalue weighted by Crippen LogP contribution is -2.24. The van der Waals surface area contributed by atoms with E-state index in [9.17, 15) is 9.59 Å². The topological polar surface area (TPSA) is 76.3 Å². The lowest BCUT2D eigenvalue weighted by Gasteiger charge is -2.13. The molecule has 0 radical (unpaired) electrons. The number of hydrogen-bond acceptors (Lipinski definition) is 6. The molecule has 0 bridgehead atoms. The van der Waals surface area contributed by atoms with Gasteiger partial charge in [-0.15, -0.1) is 11.3 Å². The van der Waals surface area contributed by atoms with Crippen LogP contribution in [0.25, 0.3) is 27.0 Å². The molecule has 1 aliphatic rings. The van der Waals surface area contributed by atoms with Crippen molar-refractivity contribution in [3.05, 3.63) is 111 Å². The van der Waals surface area contributed by atoms with Crippen LogP contribution in [-0.2, 0) is 17.6 Å². The number of aromatic nitrogens is 2. The zero-order valence-corrected chi connectivity index (χ0v) is 24.6. The first kappa shape index (κ1) is 27.2. The fourth-order valence-corrected chi connectivity index (χ4v) is 7.22. The minimum absolute atomic E-state index is 0.0611. The van der Waals surface area contributed by atoms with Crippen molar-refractivity contribution in [1.29, 1.82) is 0 Å². The monoisotopic (exact) mass is 578 g/mol. The molecule has 0 saturated carbocycles. The molecule has 0 fully saturated rings. The Morgan fingerprint density at radius 3 is 2.44 bits per heavy atom. The van der Waals surface area contributed by atoms with Crippen molar-refractivity contribution >= 4 is 44.9 Å². The maximum Gasteiger partial charge on any atom is 0.267 e. The van der Waals surface area contributed by atoms with E-state index in [-0.39, 0.29) is 17.2 Å². The van der Waals surface area contributed by atoms with E-state index in [1.807, 2.05) is 68.4 Å². The van der Waals surface area contributed by atoms with Gasteiger partial charge >= 0.3 is 0 Å². The summed E-state index contributed by atoms with van der Waals surface area (Å²) in [6, 6.07) is 26.1. The molecule has 3 aromatic carbocycles. The third-order valence-electron chi connectivity index (χ3n) is 7.34. The lowest BCUT2D eigenvalue weighted by molar-refractivity contribution is -0.118. The Morgan fingerprint density at radius 2 is 1.68 bits per heavy atom. The number of rotatable bonds is 7. The maximum atomic E-state index is 13.9. The highest BCUT2D eigenvalue weighted by Crippen LogP contribution is 2.35. The summed E-state index contributed by atoms with van der Waals surface area (Å²) in [6.45, 7) is 3.89. The van der Waals surface area contributed by atoms with Gasteiger partial charge in [-0.3, -0.25) is 14.2 Å². The SMILES string of the molecule is C/C(=N\NC(=O)CSc1nc2sc3c(c2c(=O)n1-c1ccc(C)cc1)CCCC3)c1ccc(-c2ccccc2)cc1. The minimum Gasteiger partial charge on any atom is -0.272 e. The van der Waals surface area contributed by atoms with Gasteiger partial charge in [0.15, 0.2) is 5.16 Å². The van der Waals surface area contributed by atoms with E-state index in [2.05, 4.69) is 34.8 Å². The van der Waals surface area contributed by atoms with Crippen LogP contribution in [0.4, 0.5) is 0 Å². The van der Waals surface area contributed by atoms with Crippen LogP contribution in [0, 0.1) is 6.92 Å². The van der Waals surface area contributed by atoms with Gasteiger partial charge < -0.3 is 0 Å². The summed E-state index contributed by atoms with van der Waals surface area (Å²) in [5, 5.41) is 5.57. The van der Waals surface area contributed by atoms with Gasteiger partial charge in [-0.05, 0) is 73.9 Å². The van der Waals surface area contributed by atoms with Crippen molar-refractivity contribution in [3.8, 4) is 16.8 Å². The molecule has 0 atom stereocenters. The highest BCUT2D eigenvalue weighted by molar-refractivity contribution is 7.99. The fourth-order valence-electron chi connectivity index (χ4n) is 5.11. The molecule has 2 heterocycles. The second-order valence-corrected chi connectivity index (χ2v) is 12.3. The smallest absolute Gasteiger partial charge is 0.267 e. The predicted octanol–water partition coefficient (Wildman–Crippen LogP) is 6.93. The van der Waals surface area contributed by atoms with Gasteiger partial charge in [-0.25, -0.2) is 10.4 Å². The Bertz CT molecular complexity index is 1810. The Kier molecular flexibility index (Phi) is 7.85. The van der Waals surface area contributed by atoms with E-state index in [0.717, 1.165) is 69.4 Å². The third-order valence-corrected chi connectivity index (χ3v) is 9.47. The van der Waals surface area contributed by atoms with E-state index < -0.39 is 0 Å². The number of aryl methyl sites for hydroxylation is 3. The summed E-state index contributed by atoms with van der Waals surface area (Å²) in [7, 11) is 0. The predicted molar refractivity (Wildman–Crippen MR) is 170 cm³/mol. The van der Waals surface area contributed by atoms with Crippen molar-refractivity contribution in [3.63, 3.8) is 0 Å². The molecule has 206 valence electrons. The van der Waals surface area contributed by atoms with Crippen LogP contribution in [0.1, 0.15) is 41.3 Å². The second-order valence-electron chi connectivity index (χ2n) is 10.2. The van der Waals surface area contributed by atoms with Gasteiger partial charge in [0.2, 0.25) is 0 Å². The molecule has 2 aromatic heterocycles. The summed E-state index contributed by atoms with van der Waals surface area (Å²) in [5.41, 5.74) is 9.55. The first-order valence-electron chi connectivity index (χ1n) is 13.7. The molecular formula is C33H30N4O2S2. The number of benzene rings is 3. The number of amides is 1. The van der Waals surface area contributed by atoms with Gasteiger partial charge in [0.05, 0.1) is 22.5 Å². The molecular weight excluding hydrogens is 549 g/mol. The number of carbonyl (C=O) groups is 1. The van der Waals surface area contributed by atoms with Crippen LogP contribution >= 0.6 is 23.1 Å². The Labute approximate surface area is 247 Å². The number of hydrazone groups is 1. The average Bonchev–Trinajstić information content (AvgIpc) is 3.39. The van der Waals surface area contributed by atoms with E-state index in [1.54, 1.807) is 15.9 Å². The van der Waals surface area contributed by atoms with Crippen molar-refractivity contribution in [2.24, 2.45) is 5.10 Å². The first-order chi connectivity index (χ1) is 20.0. The third kappa shape index (κ3) is 5.76. The van der Waals surface area contributed by atoms with Gasteiger partial charge in [-0.1, -0.05) is 84.1 Å². The van der Waals surface area contributed by atoms with E-state index in [4.69, 9.17) is 4.98 Å². The maximum absolute atomic E-state index is 13.9. The highest BCUT2D eigenvalue weighted by Gasteiger charge is 2.23. The number of nitrogens with zero attached hydrogens (tertiary/aromatic N) is 3. The Balaban J connectivity index is 1.21. The van der Waals surface area contributed by atoms with E-state index in [0.29, 0.717) is 10.9 Å². The normalized spacial score (nSPS) is 13.3. The van der Waals surface area contributed by atoms with E-state index in [1.165, 1.54) is 16.6 Å². The zero-order valence-electron chi connectivity index (χ0n) is 23.0. The molecule has 0 spiro atoms. The van der Waals surface area contributed by atoms with Crippen LogP contribution in [-0.4, -0.2) is 26.9 Å². The van der Waals surface area contributed by atoms with Gasteiger partial charge in [0.1, 0.15) is 4.83 Å². The van der Waals surface area contributed by atoms with Crippen molar-refractivity contribution in [1.82, 2.24) is 15.0 Å². The summed E-state index contributed by atoms with van der Waals surface area (Å²) >= 11 is 2.87. The fraction of sp³-hybridized carbons (Fsp3) is 0.212. The number of thioether (sulfide) groups is 1. The standard InChI is InChI=1S/C33H30N4O2S2/c1-21-12-18-26(19-13-21)37-32(39)30-27-10-6-7-11-28(27)41-31(30)34-33(37)40-20-29(38)36-35-22(2)23-14-16-25(17-15-23)24-8-4-3-5-9-24/h3-5,8-9,12-19H,6-7,10-11,20H2,1-2H3,(H,36,38)/b35-22+. The Hall–Kier alpha value is -4.01. The van der Waals surface area contributed by atoms with Crippen molar-refractivity contribution in [2.45, 2.75) is 44.7 Å². The molecule has 6 nitrogen and oxygen atoms in total. The molecule has 6 rings (SSSR count). The molecule has 1 amide bonds. The molecule has 8 heteroatoms. The summed E-state index contributed by atoms with van der Waals surface area (Å²) in [6.07, 6.45) is 4.15. The van der Waals surface area contributed by atoms with Crippen LogP contribution < -0.4 is 11.0 Å². The quantitative estimate of drug-likeness (QED) is 0.0983. The summed E-state index contributed by atoms with van der Waals surface area (Å²) in [4.78, 5) is 33.7. The number of hydrogen-bond donors (Lipinski definition) is 1. The highest BCUT2D eigenvalue weighted by atomic mass is 32.2. The number of fused-ring (bicyclic) bond motifs is 3. The largest absolute Gasteiger partial charge is 0.272 e. The van der Waals surface area contributed by atoms with Gasteiger partial charge in [0, 0.05) is 4.88 Å². The lowest BCUT2D eigenvalue weighted by atomic mass is 9.97. The van der Waals surface area contributed by atoms with Crippen molar-refractivity contribution in [2.75, 3.05) is 5.75 Å². The van der Waals surface area contributed by atoms with Crippen LogP contribution in [0.2, 0.25) is 0 Å². The number of nitrogens with one attached hydrogen (secondary N) is 1. The molecule has 0 aliphatic heterocycles. The molecule has 1 aliphatic carbocycles. The minimum atomic E-state index is -0.259. The number of carbonyl (C=O) groups excluding carboxylic acids is 1. The van der Waals surface area contributed by atoms with Crippen molar-refractivity contribution < 1.29 is 4.79 Å². The number of thiophene rings is 1. The van der Waals surface area contributed by atoms with Crippen LogP contribution in [0.3, 0.4) is 0 Å².